The number of nitriles is 1. The van der Waals surface area contributed by atoms with E-state index in [-0.39, 0.29) is 11.4 Å². The van der Waals surface area contributed by atoms with Crippen LogP contribution in [0, 0.1) is 16.7 Å². The first-order chi connectivity index (χ1) is 6.74. The Labute approximate surface area is 82.4 Å². The van der Waals surface area contributed by atoms with Crippen molar-refractivity contribution in [1.29, 1.82) is 10.7 Å². The van der Waals surface area contributed by atoms with Gasteiger partial charge < -0.3 is 5.41 Å². The van der Waals surface area contributed by atoms with Gasteiger partial charge in [-0.15, -0.1) is 0 Å². The van der Waals surface area contributed by atoms with E-state index in [9.17, 15) is 0 Å². The molecular weight excluding hydrogens is 176 g/mol. The normalized spacial score (nSPS) is 10.4. The lowest BCUT2D eigenvalue weighted by molar-refractivity contribution is 1.34. The van der Waals surface area contributed by atoms with Gasteiger partial charge in [0.05, 0.1) is 11.4 Å². The van der Waals surface area contributed by atoms with Crippen molar-refractivity contribution in [2.24, 2.45) is 5.10 Å². The Morgan fingerprint density at radius 1 is 1.43 bits per heavy atom. The quantitative estimate of drug-likeness (QED) is 0.560. The Morgan fingerprint density at radius 3 is 2.57 bits per heavy atom. The van der Waals surface area contributed by atoms with Gasteiger partial charge in [-0.25, -0.2) is 0 Å². The first-order valence-electron chi connectivity index (χ1n) is 4.08. The molecule has 0 atom stereocenters. The predicted octanol–water partition coefficient (Wildman–Crippen LogP) is 2.02. The number of rotatable bonds is 3. The molecule has 0 aliphatic rings. The Hall–Kier alpha value is -2.15. The van der Waals surface area contributed by atoms with Gasteiger partial charge in [-0.3, -0.25) is 5.43 Å². The monoisotopic (exact) mass is 186 g/mol. The molecule has 1 rings (SSSR count). The fourth-order valence-corrected chi connectivity index (χ4v) is 0.826. The highest BCUT2D eigenvalue weighted by molar-refractivity contribution is 6.46. The second-order valence-corrected chi connectivity index (χ2v) is 2.68. The van der Waals surface area contributed by atoms with Crippen molar-refractivity contribution in [1.82, 2.24) is 0 Å². The van der Waals surface area contributed by atoms with Gasteiger partial charge in [-0.05, 0) is 19.1 Å². The van der Waals surface area contributed by atoms with Crippen LogP contribution in [0.25, 0.3) is 0 Å². The van der Waals surface area contributed by atoms with E-state index >= 15 is 0 Å². The number of anilines is 1. The molecule has 0 saturated heterocycles. The zero-order chi connectivity index (χ0) is 10.4. The molecule has 0 aliphatic carbocycles. The minimum absolute atomic E-state index is 0.0915. The molecule has 4 heteroatoms. The van der Waals surface area contributed by atoms with Crippen molar-refractivity contribution >= 4 is 17.1 Å². The summed E-state index contributed by atoms with van der Waals surface area (Å²) in [5, 5.41) is 19.6. The second-order valence-electron chi connectivity index (χ2n) is 2.68. The summed E-state index contributed by atoms with van der Waals surface area (Å²) in [6, 6.07) is 11.1. The molecule has 14 heavy (non-hydrogen) atoms. The first-order valence-corrected chi connectivity index (χ1v) is 4.08. The van der Waals surface area contributed by atoms with Gasteiger partial charge in [-0.1, -0.05) is 18.2 Å². The van der Waals surface area contributed by atoms with Crippen LogP contribution >= 0.6 is 0 Å². The van der Waals surface area contributed by atoms with Crippen LogP contribution in [-0.2, 0) is 0 Å². The third-order valence-electron chi connectivity index (χ3n) is 1.53. The second kappa shape index (κ2) is 4.77. The molecular formula is C10H10N4. The van der Waals surface area contributed by atoms with E-state index < -0.39 is 0 Å². The standard InChI is InChI=1S/C10H10N4/c1-8(12)10(7-11)14-13-9-5-3-2-4-6-9/h2-6,12-13H,1H3/b12-8?,14-10+. The molecule has 70 valence electrons. The summed E-state index contributed by atoms with van der Waals surface area (Å²) in [5.41, 5.74) is 3.74. The van der Waals surface area contributed by atoms with Crippen molar-refractivity contribution in [2.75, 3.05) is 5.43 Å². The maximum absolute atomic E-state index is 8.61. The number of benzene rings is 1. The molecule has 0 aromatic heterocycles. The largest absolute Gasteiger partial charge is 0.303 e. The molecule has 0 aliphatic heterocycles. The van der Waals surface area contributed by atoms with E-state index in [1.165, 1.54) is 6.92 Å². The average molecular weight is 186 g/mol. The first kappa shape index (κ1) is 9.93. The van der Waals surface area contributed by atoms with Gasteiger partial charge in [0.15, 0.2) is 5.71 Å². The topological polar surface area (TPSA) is 72.0 Å². The molecule has 0 spiro atoms. The third kappa shape index (κ3) is 2.72. The number of nitrogens with zero attached hydrogens (tertiary/aromatic N) is 2. The molecule has 0 amide bonds. The van der Waals surface area contributed by atoms with Crippen LogP contribution in [0.1, 0.15) is 6.92 Å². The average Bonchev–Trinajstić information content (AvgIpc) is 2.20. The van der Waals surface area contributed by atoms with Crippen molar-refractivity contribution in [3.8, 4) is 6.07 Å². The zero-order valence-electron chi connectivity index (χ0n) is 7.78. The molecule has 0 unspecified atom stereocenters. The fourth-order valence-electron chi connectivity index (χ4n) is 0.826. The Balaban J connectivity index is 2.73. The Morgan fingerprint density at radius 2 is 2.07 bits per heavy atom. The van der Waals surface area contributed by atoms with Gasteiger partial charge in [0, 0.05) is 0 Å². The lowest BCUT2D eigenvalue weighted by Gasteiger charge is -1.99. The van der Waals surface area contributed by atoms with E-state index in [1.54, 1.807) is 0 Å². The number of hydrogen-bond acceptors (Lipinski definition) is 4. The van der Waals surface area contributed by atoms with Gasteiger partial charge in [-0.2, -0.15) is 10.4 Å². The van der Waals surface area contributed by atoms with Gasteiger partial charge >= 0.3 is 0 Å². The minimum atomic E-state index is 0.0915. The summed E-state index contributed by atoms with van der Waals surface area (Å²) in [5.74, 6) is 0. The fraction of sp³-hybridized carbons (Fsp3) is 0.100. The third-order valence-corrected chi connectivity index (χ3v) is 1.53. The lowest BCUT2D eigenvalue weighted by Crippen LogP contribution is -2.08. The minimum Gasteiger partial charge on any atom is -0.303 e. The highest BCUT2D eigenvalue weighted by atomic mass is 15.3. The Kier molecular flexibility index (Phi) is 3.39. The summed E-state index contributed by atoms with van der Waals surface area (Å²) in [7, 11) is 0. The van der Waals surface area contributed by atoms with E-state index in [2.05, 4.69) is 10.5 Å². The van der Waals surface area contributed by atoms with Crippen molar-refractivity contribution < 1.29 is 0 Å². The highest BCUT2D eigenvalue weighted by Crippen LogP contribution is 2.04. The molecule has 0 radical (unpaired) electrons. The maximum atomic E-state index is 8.61. The Bertz CT molecular complexity index is 386. The SMILES string of the molecule is CC(=N)/C(C#N)=N/Nc1ccccc1. The molecule has 2 N–H and O–H groups in total. The van der Waals surface area contributed by atoms with Gasteiger partial charge in [0.25, 0.3) is 0 Å². The van der Waals surface area contributed by atoms with Crippen LogP contribution in [0.5, 0.6) is 0 Å². The number of hydrazone groups is 1. The predicted molar refractivity (Wildman–Crippen MR) is 56.5 cm³/mol. The molecule has 1 aromatic rings. The summed E-state index contributed by atoms with van der Waals surface area (Å²) in [6.45, 7) is 1.52. The van der Waals surface area contributed by atoms with E-state index in [4.69, 9.17) is 10.7 Å². The van der Waals surface area contributed by atoms with Crippen LogP contribution < -0.4 is 5.43 Å². The molecule has 0 saturated carbocycles. The molecule has 0 fully saturated rings. The van der Waals surface area contributed by atoms with Crippen LogP contribution in [0.15, 0.2) is 35.4 Å². The highest BCUT2D eigenvalue weighted by Gasteiger charge is 1.98. The maximum Gasteiger partial charge on any atom is 0.181 e. The number of hydrogen-bond donors (Lipinski definition) is 2. The number of para-hydroxylation sites is 1. The smallest absolute Gasteiger partial charge is 0.181 e. The molecule has 0 heterocycles. The van der Waals surface area contributed by atoms with Crippen LogP contribution in [0.4, 0.5) is 5.69 Å². The van der Waals surface area contributed by atoms with Crippen molar-refractivity contribution in [3.63, 3.8) is 0 Å². The van der Waals surface area contributed by atoms with E-state index in [1.807, 2.05) is 36.4 Å². The lowest BCUT2D eigenvalue weighted by atomic mass is 10.3. The van der Waals surface area contributed by atoms with Crippen LogP contribution in [-0.4, -0.2) is 11.4 Å². The molecule has 4 nitrogen and oxygen atoms in total. The van der Waals surface area contributed by atoms with Gasteiger partial charge in [0.1, 0.15) is 6.07 Å². The summed E-state index contributed by atoms with van der Waals surface area (Å²) >= 11 is 0. The van der Waals surface area contributed by atoms with Crippen molar-refractivity contribution in [2.45, 2.75) is 6.92 Å². The summed E-state index contributed by atoms with van der Waals surface area (Å²) < 4.78 is 0. The molecule has 0 bridgehead atoms. The number of nitrogens with one attached hydrogen (secondary N) is 2. The van der Waals surface area contributed by atoms with Crippen LogP contribution in [0.3, 0.4) is 0 Å². The zero-order valence-corrected chi connectivity index (χ0v) is 7.78. The molecule has 1 aromatic carbocycles. The summed E-state index contributed by atoms with van der Waals surface area (Å²) in [6.07, 6.45) is 0. The van der Waals surface area contributed by atoms with E-state index in [0.29, 0.717) is 0 Å². The van der Waals surface area contributed by atoms with Gasteiger partial charge in [0.2, 0.25) is 0 Å². The van der Waals surface area contributed by atoms with Crippen LogP contribution in [0.2, 0.25) is 0 Å². The van der Waals surface area contributed by atoms with Crippen molar-refractivity contribution in [3.05, 3.63) is 30.3 Å². The van der Waals surface area contributed by atoms with E-state index in [0.717, 1.165) is 5.69 Å². The summed E-state index contributed by atoms with van der Waals surface area (Å²) in [4.78, 5) is 0.